The second-order valence-electron chi connectivity index (χ2n) is 8.46. The minimum absolute atomic E-state index is 0.537. The van der Waals surface area contributed by atoms with Gasteiger partial charge in [0.1, 0.15) is 5.75 Å². The Morgan fingerprint density at radius 3 is 2.54 bits per heavy atom. The summed E-state index contributed by atoms with van der Waals surface area (Å²) in [6.45, 7) is 7.44. The third kappa shape index (κ3) is 5.16. The molecule has 2 aromatic rings. The molecule has 1 atom stereocenters. The molecule has 0 amide bonds. The highest BCUT2D eigenvalue weighted by atomic mass is 16.5. The molecule has 1 aromatic carbocycles. The van der Waals surface area contributed by atoms with Gasteiger partial charge in [-0.05, 0) is 60.8 Å². The van der Waals surface area contributed by atoms with E-state index in [-0.39, 0.29) is 0 Å². The molecule has 0 saturated heterocycles. The van der Waals surface area contributed by atoms with Gasteiger partial charge in [0.2, 0.25) is 0 Å². The van der Waals surface area contributed by atoms with E-state index in [1.54, 1.807) is 0 Å². The smallest absolute Gasteiger partial charge is 0.127 e. The molecule has 2 heteroatoms. The molecule has 2 nitrogen and oxygen atoms in total. The van der Waals surface area contributed by atoms with Gasteiger partial charge < -0.3 is 4.74 Å². The van der Waals surface area contributed by atoms with Crippen molar-refractivity contribution in [3.8, 4) is 16.9 Å². The highest BCUT2D eigenvalue weighted by molar-refractivity contribution is 5.73. The Bertz CT molecular complexity index is 718. The van der Waals surface area contributed by atoms with Gasteiger partial charge >= 0.3 is 0 Å². The summed E-state index contributed by atoms with van der Waals surface area (Å²) in [7, 11) is 0. The van der Waals surface area contributed by atoms with Crippen LogP contribution in [0.2, 0.25) is 0 Å². The van der Waals surface area contributed by atoms with Crippen molar-refractivity contribution < 1.29 is 4.74 Å². The predicted molar refractivity (Wildman–Crippen MR) is 119 cm³/mol. The van der Waals surface area contributed by atoms with Crippen LogP contribution in [0.25, 0.3) is 11.1 Å². The molecule has 3 rings (SSSR count). The van der Waals surface area contributed by atoms with Gasteiger partial charge in [-0.3, -0.25) is 4.98 Å². The van der Waals surface area contributed by atoms with E-state index in [1.165, 1.54) is 68.1 Å². The number of rotatable bonds is 9. The molecule has 0 N–H and O–H groups in total. The van der Waals surface area contributed by atoms with Crippen LogP contribution in [-0.2, 0) is 0 Å². The Hall–Kier alpha value is -1.83. The third-order valence-electron chi connectivity index (χ3n) is 6.63. The number of hydrogen-bond acceptors (Lipinski definition) is 2. The average Bonchev–Trinajstić information content (AvgIpc) is 2.75. The lowest BCUT2D eigenvalue weighted by atomic mass is 9.72. The van der Waals surface area contributed by atoms with Crippen molar-refractivity contribution >= 4 is 0 Å². The van der Waals surface area contributed by atoms with Crippen LogP contribution in [-0.4, -0.2) is 11.6 Å². The SMILES string of the molecule is CCCCCC1CCC(C(C)c2cnccc2-c2ccccc2OCC)CC1. The fourth-order valence-corrected chi connectivity index (χ4v) is 4.90. The van der Waals surface area contributed by atoms with Gasteiger partial charge in [-0.1, -0.05) is 70.6 Å². The second-order valence-corrected chi connectivity index (χ2v) is 8.46. The van der Waals surface area contributed by atoms with E-state index in [0.29, 0.717) is 12.5 Å². The maximum Gasteiger partial charge on any atom is 0.127 e. The van der Waals surface area contributed by atoms with Gasteiger partial charge in [0.25, 0.3) is 0 Å². The van der Waals surface area contributed by atoms with Crippen LogP contribution in [0.5, 0.6) is 5.75 Å². The number of ether oxygens (including phenoxy) is 1. The van der Waals surface area contributed by atoms with Crippen molar-refractivity contribution in [2.45, 2.75) is 78.1 Å². The molecular formula is C26H37NO. The Morgan fingerprint density at radius 1 is 1.00 bits per heavy atom. The predicted octanol–water partition coefficient (Wildman–Crippen LogP) is 7.64. The van der Waals surface area contributed by atoms with Crippen LogP contribution in [0.1, 0.15) is 83.6 Å². The Kier molecular flexibility index (Phi) is 7.94. The van der Waals surface area contributed by atoms with E-state index >= 15 is 0 Å². The molecule has 0 bridgehead atoms. The molecule has 1 unspecified atom stereocenters. The maximum absolute atomic E-state index is 5.91. The zero-order valence-electron chi connectivity index (χ0n) is 18.0. The summed E-state index contributed by atoms with van der Waals surface area (Å²) >= 11 is 0. The molecule has 0 spiro atoms. The quantitative estimate of drug-likeness (QED) is 0.418. The summed E-state index contributed by atoms with van der Waals surface area (Å²) in [4.78, 5) is 4.49. The van der Waals surface area contributed by atoms with Gasteiger partial charge in [-0.2, -0.15) is 0 Å². The van der Waals surface area contributed by atoms with E-state index in [2.05, 4.69) is 55.4 Å². The Labute approximate surface area is 171 Å². The molecule has 0 radical (unpaired) electrons. The van der Waals surface area contributed by atoms with Crippen LogP contribution in [0.3, 0.4) is 0 Å². The first-order valence-corrected chi connectivity index (χ1v) is 11.4. The van der Waals surface area contributed by atoms with Gasteiger partial charge in [0, 0.05) is 18.0 Å². The van der Waals surface area contributed by atoms with E-state index in [0.717, 1.165) is 17.6 Å². The summed E-state index contributed by atoms with van der Waals surface area (Å²) in [5.74, 6) is 3.24. The Balaban J connectivity index is 1.73. The average molecular weight is 380 g/mol. The molecule has 1 aromatic heterocycles. The van der Waals surface area contributed by atoms with E-state index in [1.807, 2.05) is 13.1 Å². The lowest BCUT2D eigenvalue weighted by Crippen LogP contribution is -2.19. The summed E-state index contributed by atoms with van der Waals surface area (Å²) in [6, 6.07) is 10.6. The number of benzene rings is 1. The standard InChI is InChI=1S/C26H37NO/c1-4-6-7-10-21-13-15-22(16-14-21)20(3)25-19-27-18-17-23(25)24-11-8-9-12-26(24)28-5-2/h8-9,11-12,17-22H,4-7,10,13-16H2,1-3H3. The molecule has 152 valence electrons. The lowest BCUT2D eigenvalue weighted by Gasteiger charge is -2.33. The fourth-order valence-electron chi connectivity index (χ4n) is 4.90. The zero-order valence-corrected chi connectivity index (χ0v) is 18.0. The van der Waals surface area contributed by atoms with E-state index in [9.17, 15) is 0 Å². The molecule has 28 heavy (non-hydrogen) atoms. The molecule has 1 aliphatic carbocycles. The molecular weight excluding hydrogens is 342 g/mol. The molecule has 1 fully saturated rings. The molecule has 1 aliphatic rings. The Morgan fingerprint density at radius 2 is 1.79 bits per heavy atom. The van der Waals surface area contributed by atoms with Crippen molar-refractivity contribution in [3.63, 3.8) is 0 Å². The van der Waals surface area contributed by atoms with Gasteiger partial charge in [-0.25, -0.2) is 0 Å². The van der Waals surface area contributed by atoms with Crippen LogP contribution < -0.4 is 4.74 Å². The van der Waals surface area contributed by atoms with Gasteiger partial charge in [0.15, 0.2) is 0 Å². The van der Waals surface area contributed by atoms with Crippen LogP contribution in [0, 0.1) is 11.8 Å². The number of aromatic nitrogens is 1. The third-order valence-corrected chi connectivity index (χ3v) is 6.63. The first-order chi connectivity index (χ1) is 13.7. The fraction of sp³-hybridized carbons (Fsp3) is 0.577. The van der Waals surface area contributed by atoms with Crippen LogP contribution in [0.15, 0.2) is 42.7 Å². The number of pyridine rings is 1. The van der Waals surface area contributed by atoms with Gasteiger partial charge in [-0.15, -0.1) is 0 Å². The molecule has 0 aliphatic heterocycles. The first-order valence-electron chi connectivity index (χ1n) is 11.4. The first kappa shape index (κ1) is 20.9. The summed E-state index contributed by atoms with van der Waals surface area (Å²) < 4.78 is 5.91. The summed E-state index contributed by atoms with van der Waals surface area (Å²) in [5.41, 5.74) is 3.86. The maximum atomic E-state index is 5.91. The highest BCUT2D eigenvalue weighted by Crippen LogP contribution is 2.43. The topological polar surface area (TPSA) is 22.1 Å². The number of hydrogen-bond donors (Lipinski definition) is 0. The monoisotopic (exact) mass is 379 g/mol. The summed E-state index contributed by atoms with van der Waals surface area (Å²) in [6.07, 6.45) is 15.1. The molecule has 1 heterocycles. The largest absolute Gasteiger partial charge is 0.493 e. The van der Waals surface area contributed by atoms with Crippen molar-refractivity contribution in [2.24, 2.45) is 11.8 Å². The minimum atomic E-state index is 0.537. The zero-order chi connectivity index (χ0) is 19.8. The van der Waals surface area contributed by atoms with Crippen LogP contribution >= 0.6 is 0 Å². The van der Waals surface area contributed by atoms with Crippen molar-refractivity contribution in [2.75, 3.05) is 6.61 Å². The second kappa shape index (κ2) is 10.6. The lowest BCUT2D eigenvalue weighted by molar-refractivity contribution is 0.236. The summed E-state index contributed by atoms with van der Waals surface area (Å²) in [5, 5.41) is 0. The number of nitrogens with zero attached hydrogens (tertiary/aromatic N) is 1. The normalized spacial score (nSPS) is 20.7. The number of unbranched alkanes of at least 4 members (excludes halogenated alkanes) is 2. The van der Waals surface area contributed by atoms with Crippen molar-refractivity contribution in [3.05, 3.63) is 48.3 Å². The van der Waals surface area contributed by atoms with Crippen molar-refractivity contribution in [1.82, 2.24) is 4.98 Å². The van der Waals surface area contributed by atoms with E-state index < -0.39 is 0 Å². The minimum Gasteiger partial charge on any atom is -0.493 e. The van der Waals surface area contributed by atoms with Crippen LogP contribution in [0.4, 0.5) is 0 Å². The molecule has 1 saturated carbocycles. The number of para-hydroxylation sites is 1. The highest BCUT2D eigenvalue weighted by Gasteiger charge is 2.27. The van der Waals surface area contributed by atoms with Gasteiger partial charge in [0.05, 0.1) is 6.61 Å². The van der Waals surface area contributed by atoms with E-state index in [4.69, 9.17) is 4.74 Å². The van der Waals surface area contributed by atoms with Crippen molar-refractivity contribution in [1.29, 1.82) is 0 Å².